The van der Waals surface area contributed by atoms with Crippen molar-refractivity contribution in [1.82, 2.24) is 0 Å². The summed E-state index contributed by atoms with van der Waals surface area (Å²) < 4.78 is 12.5. The van der Waals surface area contributed by atoms with E-state index in [2.05, 4.69) is 21.0 Å². The number of nitrogens with zero attached hydrogens (tertiary/aromatic N) is 2. The summed E-state index contributed by atoms with van der Waals surface area (Å²) in [5.74, 6) is 1.09. The molecule has 5 nitrogen and oxygen atoms in total. The lowest BCUT2D eigenvalue weighted by Gasteiger charge is -2.12. The van der Waals surface area contributed by atoms with Crippen LogP contribution in [-0.2, 0) is 11.4 Å². The zero-order valence-corrected chi connectivity index (χ0v) is 18.8. The van der Waals surface area contributed by atoms with Crippen molar-refractivity contribution in [2.45, 2.75) is 13.5 Å². The molecule has 0 N–H and O–H groups in total. The van der Waals surface area contributed by atoms with Gasteiger partial charge in [-0.05, 0) is 60.5 Å². The van der Waals surface area contributed by atoms with Gasteiger partial charge in [0.05, 0.1) is 24.1 Å². The zero-order valence-electron chi connectivity index (χ0n) is 17.2. The minimum absolute atomic E-state index is 0.154. The zero-order chi connectivity index (χ0) is 21.8. The first-order chi connectivity index (χ1) is 15.0. The normalized spacial score (nSPS) is 14.7. The highest BCUT2D eigenvalue weighted by atomic mass is 79.9. The molecule has 6 heteroatoms. The molecule has 1 heterocycles. The Balaban J connectivity index is 1.53. The average Bonchev–Trinajstić information content (AvgIpc) is 3.08. The number of amides is 1. The number of para-hydroxylation sites is 1. The molecule has 4 rings (SSSR count). The maximum Gasteiger partial charge on any atom is 0.280 e. The molecule has 31 heavy (non-hydrogen) atoms. The Bertz CT molecular complexity index is 1160. The van der Waals surface area contributed by atoms with Crippen LogP contribution in [0.2, 0.25) is 0 Å². The second-order valence-corrected chi connectivity index (χ2v) is 7.94. The molecule has 1 aliphatic heterocycles. The predicted molar refractivity (Wildman–Crippen MR) is 126 cm³/mol. The highest BCUT2D eigenvalue weighted by Crippen LogP contribution is 2.31. The van der Waals surface area contributed by atoms with Gasteiger partial charge in [-0.25, -0.2) is 0 Å². The van der Waals surface area contributed by atoms with Gasteiger partial charge in [0.1, 0.15) is 6.61 Å². The van der Waals surface area contributed by atoms with E-state index in [4.69, 9.17) is 9.47 Å². The van der Waals surface area contributed by atoms with Gasteiger partial charge in [0.2, 0.25) is 0 Å². The van der Waals surface area contributed by atoms with Crippen molar-refractivity contribution in [2.75, 3.05) is 12.1 Å². The Morgan fingerprint density at radius 2 is 1.74 bits per heavy atom. The van der Waals surface area contributed by atoms with Crippen LogP contribution >= 0.6 is 15.9 Å². The van der Waals surface area contributed by atoms with E-state index < -0.39 is 0 Å². The van der Waals surface area contributed by atoms with E-state index in [0.29, 0.717) is 29.4 Å². The topological polar surface area (TPSA) is 51.1 Å². The van der Waals surface area contributed by atoms with Gasteiger partial charge in [-0.3, -0.25) is 4.79 Å². The third kappa shape index (κ3) is 4.70. The van der Waals surface area contributed by atoms with Gasteiger partial charge in [-0.1, -0.05) is 52.3 Å². The molecule has 0 saturated carbocycles. The van der Waals surface area contributed by atoms with Crippen molar-refractivity contribution < 1.29 is 14.3 Å². The quantitative estimate of drug-likeness (QED) is 0.419. The summed E-state index contributed by atoms with van der Waals surface area (Å²) in [5, 5.41) is 5.84. The van der Waals surface area contributed by atoms with Crippen LogP contribution < -0.4 is 14.5 Å². The van der Waals surface area contributed by atoms with Crippen LogP contribution in [0.25, 0.3) is 6.08 Å². The molecule has 0 fully saturated rings. The number of rotatable bonds is 6. The Hall–Kier alpha value is -3.38. The average molecular weight is 477 g/mol. The number of halogens is 1. The molecule has 156 valence electrons. The van der Waals surface area contributed by atoms with Crippen LogP contribution in [0, 0.1) is 0 Å². The Morgan fingerprint density at radius 3 is 2.45 bits per heavy atom. The van der Waals surface area contributed by atoms with Crippen LogP contribution in [-0.4, -0.2) is 18.7 Å². The minimum Gasteiger partial charge on any atom is -0.493 e. The van der Waals surface area contributed by atoms with E-state index in [1.807, 2.05) is 85.8 Å². The molecule has 1 aliphatic rings. The summed E-state index contributed by atoms with van der Waals surface area (Å²) >= 11 is 3.43. The van der Waals surface area contributed by atoms with E-state index >= 15 is 0 Å². The van der Waals surface area contributed by atoms with Gasteiger partial charge in [-0.15, -0.1) is 0 Å². The number of hydrogen-bond donors (Lipinski definition) is 0. The second-order valence-electron chi connectivity index (χ2n) is 7.02. The number of ether oxygens (including phenoxy) is 2. The van der Waals surface area contributed by atoms with Crippen molar-refractivity contribution >= 4 is 39.3 Å². The van der Waals surface area contributed by atoms with Crippen molar-refractivity contribution in [1.29, 1.82) is 0 Å². The van der Waals surface area contributed by atoms with E-state index in [9.17, 15) is 4.79 Å². The highest BCUT2D eigenvalue weighted by molar-refractivity contribution is 9.10. The summed E-state index contributed by atoms with van der Waals surface area (Å²) in [4.78, 5) is 12.9. The lowest BCUT2D eigenvalue weighted by molar-refractivity contribution is -0.114. The first-order valence-electron chi connectivity index (χ1n) is 9.77. The van der Waals surface area contributed by atoms with E-state index in [1.54, 1.807) is 7.11 Å². The summed E-state index contributed by atoms with van der Waals surface area (Å²) in [6.07, 6.45) is 1.82. The molecule has 0 saturated heterocycles. The second kappa shape index (κ2) is 9.18. The Morgan fingerprint density at radius 1 is 1.00 bits per heavy atom. The fraction of sp³-hybridized carbons (Fsp3) is 0.120. The molecule has 0 aromatic heterocycles. The minimum atomic E-state index is -0.154. The van der Waals surface area contributed by atoms with Crippen molar-refractivity contribution in [3.63, 3.8) is 0 Å². The molecular formula is C25H21BrN2O3. The van der Waals surface area contributed by atoms with Gasteiger partial charge in [0.25, 0.3) is 5.91 Å². The number of anilines is 1. The lowest BCUT2D eigenvalue weighted by atomic mass is 10.1. The van der Waals surface area contributed by atoms with Crippen LogP contribution in [0.5, 0.6) is 11.5 Å². The van der Waals surface area contributed by atoms with Crippen LogP contribution in [0.15, 0.2) is 87.9 Å². The summed E-state index contributed by atoms with van der Waals surface area (Å²) in [7, 11) is 1.60. The van der Waals surface area contributed by atoms with E-state index in [1.165, 1.54) is 5.01 Å². The Kier molecular flexibility index (Phi) is 6.18. The van der Waals surface area contributed by atoms with E-state index in [0.717, 1.165) is 21.3 Å². The monoisotopic (exact) mass is 476 g/mol. The van der Waals surface area contributed by atoms with Gasteiger partial charge in [-0.2, -0.15) is 10.1 Å². The van der Waals surface area contributed by atoms with Gasteiger partial charge in [0.15, 0.2) is 11.5 Å². The van der Waals surface area contributed by atoms with Gasteiger partial charge in [0, 0.05) is 4.47 Å². The highest BCUT2D eigenvalue weighted by Gasteiger charge is 2.28. The SMILES string of the molecule is COc1cc(C=C2C(=O)N(c3ccccc3)N=C2C)ccc1OCc1ccc(Br)cc1. The lowest BCUT2D eigenvalue weighted by Crippen LogP contribution is -2.21. The molecule has 0 aliphatic carbocycles. The summed E-state index contributed by atoms with van der Waals surface area (Å²) in [5.41, 5.74) is 3.85. The molecule has 0 bridgehead atoms. The molecule has 0 atom stereocenters. The predicted octanol–water partition coefficient (Wildman–Crippen LogP) is 5.84. The number of benzene rings is 3. The van der Waals surface area contributed by atoms with Crippen molar-refractivity contribution in [3.05, 3.63) is 94.0 Å². The largest absolute Gasteiger partial charge is 0.493 e. The number of hydrogen-bond acceptors (Lipinski definition) is 4. The molecule has 0 unspecified atom stereocenters. The number of carbonyl (C=O) groups excluding carboxylic acids is 1. The molecule has 3 aromatic carbocycles. The summed E-state index contributed by atoms with van der Waals surface area (Å²) in [6.45, 7) is 2.26. The number of hydrazone groups is 1. The van der Waals surface area contributed by atoms with Crippen LogP contribution in [0.1, 0.15) is 18.1 Å². The van der Waals surface area contributed by atoms with Crippen molar-refractivity contribution in [3.8, 4) is 11.5 Å². The first kappa shape index (κ1) is 20.9. The van der Waals surface area contributed by atoms with Crippen molar-refractivity contribution in [2.24, 2.45) is 5.10 Å². The number of methoxy groups -OCH3 is 1. The molecule has 3 aromatic rings. The maximum absolute atomic E-state index is 12.9. The number of carbonyl (C=O) groups is 1. The fourth-order valence-corrected chi connectivity index (χ4v) is 3.49. The molecule has 1 amide bonds. The van der Waals surface area contributed by atoms with Crippen LogP contribution in [0.3, 0.4) is 0 Å². The molecular weight excluding hydrogens is 456 g/mol. The van der Waals surface area contributed by atoms with Gasteiger partial charge >= 0.3 is 0 Å². The molecule has 0 radical (unpaired) electrons. The third-order valence-corrected chi connectivity index (χ3v) is 5.40. The standard InChI is InChI=1S/C25H21BrN2O3/c1-17-22(25(29)28(27-17)21-6-4-3-5-7-21)14-19-10-13-23(24(15-19)30-2)31-16-18-8-11-20(26)12-9-18/h3-15H,16H2,1-2H3. The third-order valence-electron chi connectivity index (χ3n) is 4.87. The maximum atomic E-state index is 12.9. The first-order valence-corrected chi connectivity index (χ1v) is 10.6. The summed E-state index contributed by atoms with van der Waals surface area (Å²) in [6, 6.07) is 23.0. The van der Waals surface area contributed by atoms with Gasteiger partial charge < -0.3 is 9.47 Å². The molecule has 0 spiro atoms. The smallest absolute Gasteiger partial charge is 0.280 e. The van der Waals surface area contributed by atoms with E-state index in [-0.39, 0.29) is 5.91 Å². The Labute approximate surface area is 189 Å². The fourth-order valence-electron chi connectivity index (χ4n) is 3.23. The van der Waals surface area contributed by atoms with Crippen LogP contribution in [0.4, 0.5) is 5.69 Å².